The standard InChI is InChI=1S/C34H36N4O4/c1-21-19-31(42-4)28(33(40)36-21)13-14-30(39)32-23(3)38(29-8-6-5-7-27(29)32)22(2)25-15-17-37(18-16-25)34(41)26-11-9-24(20-35)10-12-26/h5-12,19,22,25H,13-18H2,1-4H3,(H,36,40)/t22-/m1/s1. The molecular weight excluding hydrogens is 528 g/mol. The first-order chi connectivity index (χ1) is 20.2. The normalized spacial score (nSPS) is 14.5. The van der Waals surface area contributed by atoms with E-state index in [9.17, 15) is 14.4 Å². The van der Waals surface area contributed by atoms with E-state index in [1.807, 2.05) is 30.0 Å². The lowest BCUT2D eigenvalue weighted by molar-refractivity contribution is 0.0666. The number of benzene rings is 2. The van der Waals surface area contributed by atoms with Gasteiger partial charge in [0.25, 0.3) is 11.5 Å². The molecule has 0 radical (unpaired) electrons. The van der Waals surface area contributed by atoms with Crippen molar-refractivity contribution in [1.29, 1.82) is 5.26 Å². The molecule has 1 fully saturated rings. The van der Waals surface area contributed by atoms with E-state index in [0.717, 1.165) is 29.4 Å². The highest BCUT2D eigenvalue weighted by molar-refractivity contribution is 6.09. The van der Waals surface area contributed by atoms with E-state index in [-0.39, 0.29) is 36.1 Å². The summed E-state index contributed by atoms with van der Waals surface area (Å²) in [7, 11) is 1.53. The average Bonchev–Trinajstić information content (AvgIpc) is 3.31. The molecule has 0 aliphatic carbocycles. The summed E-state index contributed by atoms with van der Waals surface area (Å²) in [5.74, 6) is 0.827. The topological polar surface area (TPSA) is 108 Å². The molecule has 0 bridgehead atoms. The number of piperidine rings is 1. The fourth-order valence-electron chi connectivity index (χ4n) is 6.40. The second kappa shape index (κ2) is 12.1. The number of hydrogen-bond acceptors (Lipinski definition) is 5. The lowest BCUT2D eigenvalue weighted by Gasteiger charge is -2.36. The number of nitriles is 1. The molecule has 4 aromatic rings. The molecule has 1 aliphatic rings. The van der Waals surface area contributed by atoms with Gasteiger partial charge in [0.15, 0.2) is 5.78 Å². The number of aromatic nitrogens is 2. The number of carbonyl (C=O) groups excluding carboxylic acids is 2. The van der Waals surface area contributed by atoms with Crippen molar-refractivity contribution in [3.8, 4) is 11.8 Å². The van der Waals surface area contributed by atoms with Crippen molar-refractivity contribution in [1.82, 2.24) is 14.5 Å². The Labute approximate surface area is 245 Å². The Kier molecular flexibility index (Phi) is 8.30. The minimum atomic E-state index is -0.226. The van der Waals surface area contributed by atoms with Crippen LogP contribution in [0.3, 0.4) is 0 Å². The van der Waals surface area contributed by atoms with Crippen LogP contribution in [0.5, 0.6) is 5.75 Å². The summed E-state index contributed by atoms with van der Waals surface area (Å²) >= 11 is 0. The highest BCUT2D eigenvalue weighted by atomic mass is 16.5. The van der Waals surface area contributed by atoms with Crippen LogP contribution in [0.1, 0.15) is 75.5 Å². The van der Waals surface area contributed by atoms with Gasteiger partial charge in [-0.25, -0.2) is 0 Å². The molecule has 1 amide bonds. The predicted molar refractivity (Wildman–Crippen MR) is 162 cm³/mol. The van der Waals surface area contributed by atoms with Gasteiger partial charge in [-0.1, -0.05) is 18.2 Å². The summed E-state index contributed by atoms with van der Waals surface area (Å²) in [6.07, 6.45) is 2.20. The number of Topliss-reactive ketones (excluding diaryl/α,β-unsaturated/α-hetero) is 1. The van der Waals surface area contributed by atoms with Crippen molar-refractivity contribution >= 4 is 22.6 Å². The summed E-state index contributed by atoms with van der Waals surface area (Å²) in [5.41, 5.74) is 4.75. The lowest BCUT2D eigenvalue weighted by atomic mass is 9.89. The number of nitrogens with zero attached hydrogens (tertiary/aromatic N) is 3. The molecule has 0 spiro atoms. The maximum Gasteiger partial charge on any atom is 0.255 e. The molecule has 42 heavy (non-hydrogen) atoms. The Bertz CT molecular complexity index is 1730. The van der Waals surface area contributed by atoms with Crippen molar-refractivity contribution < 1.29 is 14.3 Å². The van der Waals surface area contributed by atoms with E-state index in [1.54, 1.807) is 37.3 Å². The van der Waals surface area contributed by atoms with Crippen LogP contribution in [0.4, 0.5) is 0 Å². The van der Waals surface area contributed by atoms with Crippen molar-refractivity contribution in [3.63, 3.8) is 0 Å². The van der Waals surface area contributed by atoms with E-state index >= 15 is 0 Å². The Balaban J connectivity index is 1.34. The predicted octanol–water partition coefficient (Wildman–Crippen LogP) is 5.76. The van der Waals surface area contributed by atoms with Gasteiger partial charge in [-0.05, 0) is 82.3 Å². The number of amides is 1. The van der Waals surface area contributed by atoms with E-state index in [0.29, 0.717) is 52.7 Å². The van der Waals surface area contributed by atoms with Crippen molar-refractivity contribution in [2.45, 2.75) is 52.5 Å². The van der Waals surface area contributed by atoms with Crippen LogP contribution in [0.15, 0.2) is 59.4 Å². The molecule has 8 heteroatoms. The molecule has 3 heterocycles. The Morgan fingerprint density at radius 2 is 1.79 bits per heavy atom. The van der Waals surface area contributed by atoms with Gasteiger partial charge in [-0.2, -0.15) is 5.26 Å². The number of likely N-dealkylation sites (tertiary alicyclic amines) is 1. The average molecular weight is 565 g/mol. The third-order valence-electron chi connectivity index (χ3n) is 8.66. The first kappa shape index (κ1) is 28.9. The number of rotatable bonds is 8. The summed E-state index contributed by atoms with van der Waals surface area (Å²) in [4.78, 5) is 44.1. The highest BCUT2D eigenvalue weighted by Crippen LogP contribution is 2.36. The number of para-hydroxylation sites is 1. The molecule has 8 nitrogen and oxygen atoms in total. The van der Waals surface area contributed by atoms with Gasteiger partial charge in [-0.15, -0.1) is 0 Å². The number of pyridine rings is 1. The van der Waals surface area contributed by atoms with Gasteiger partial charge in [0.1, 0.15) is 5.75 Å². The Morgan fingerprint density at radius 1 is 1.10 bits per heavy atom. The van der Waals surface area contributed by atoms with Gasteiger partial charge < -0.3 is 19.2 Å². The smallest absolute Gasteiger partial charge is 0.255 e. The number of carbonyl (C=O) groups is 2. The van der Waals surface area contributed by atoms with E-state index < -0.39 is 0 Å². The van der Waals surface area contributed by atoms with Crippen LogP contribution in [0.25, 0.3) is 10.9 Å². The quantitative estimate of drug-likeness (QED) is 0.274. The van der Waals surface area contributed by atoms with Crippen LogP contribution in [0, 0.1) is 31.1 Å². The van der Waals surface area contributed by atoms with Crippen LogP contribution in [-0.4, -0.2) is 46.3 Å². The number of ketones is 1. The van der Waals surface area contributed by atoms with E-state index in [2.05, 4.69) is 28.6 Å². The molecule has 2 aromatic carbocycles. The minimum absolute atomic E-state index is 0.000453. The van der Waals surface area contributed by atoms with Crippen LogP contribution < -0.4 is 10.3 Å². The largest absolute Gasteiger partial charge is 0.496 e. The lowest BCUT2D eigenvalue weighted by Crippen LogP contribution is -2.40. The van der Waals surface area contributed by atoms with Crippen LogP contribution in [0.2, 0.25) is 0 Å². The minimum Gasteiger partial charge on any atom is -0.496 e. The first-order valence-electron chi connectivity index (χ1n) is 14.4. The highest BCUT2D eigenvalue weighted by Gasteiger charge is 2.30. The van der Waals surface area contributed by atoms with E-state index in [1.165, 1.54) is 7.11 Å². The Morgan fingerprint density at radius 3 is 2.45 bits per heavy atom. The fourth-order valence-corrected chi connectivity index (χ4v) is 6.40. The second-order valence-corrected chi connectivity index (χ2v) is 11.2. The van der Waals surface area contributed by atoms with Gasteiger partial charge in [0.05, 0.1) is 24.3 Å². The number of methoxy groups -OCH3 is 1. The zero-order valence-electron chi connectivity index (χ0n) is 24.6. The van der Waals surface area contributed by atoms with Crippen molar-refractivity contribution in [2.24, 2.45) is 5.92 Å². The molecular formula is C34H36N4O4. The molecule has 0 saturated carbocycles. The molecule has 216 valence electrons. The monoisotopic (exact) mass is 564 g/mol. The molecule has 1 atom stereocenters. The van der Waals surface area contributed by atoms with Crippen molar-refractivity contribution in [2.75, 3.05) is 20.2 Å². The summed E-state index contributed by atoms with van der Waals surface area (Å²) < 4.78 is 7.71. The number of aromatic amines is 1. The molecule has 1 N–H and O–H groups in total. The molecule has 1 aliphatic heterocycles. The second-order valence-electron chi connectivity index (χ2n) is 11.2. The third-order valence-corrected chi connectivity index (χ3v) is 8.66. The summed E-state index contributed by atoms with van der Waals surface area (Å²) in [6, 6.07) is 18.8. The van der Waals surface area contributed by atoms with Gasteiger partial charge in [0, 0.05) is 59.0 Å². The fraction of sp³-hybridized carbons (Fsp3) is 0.353. The van der Waals surface area contributed by atoms with Gasteiger partial charge in [0.2, 0.25) is 0 Å². The van der Waals surface area contributed by atoms with E-state index in [4.69, 9.17) is 10.00 Å². The third kappa shape index (κ3) is 5.47. The maximum atomic E-state index is 13.7. The van der Waals surface area contributed by atoms with Crippen LogP contribution in [-0.2, 0) is 6.42 Å². The van der Waals surface area contributed by atoms with Gasteiger partial charge in [-0.3, -0.25) is 14.4 Å². The number of H-pyrrole nitrogens is 1. The van der Waals surface area contributed by atoms with Crippen LogP contribution >= 0.6 is 0 Å². The molecule has 2 aromatic heterocycles. The summed E-state index contributed by atoms with van der Waals surface area (Å²) in [6.45, 7) is 7.32. The van der Waals surface area contributed by atoms with Gasteiger partial charge >= 0.3 is 0 Å². The first-order valence-corrected chi connectivity index (χ1v) is 14.4. The number of fused-ring (bicyclic) bond motifs is 1. The SMILES string of the molecule is COc1cc(C)[nH]c(=O)c1CCC(=O)c1c(C)n([C@H](C)C2CCN(C(=O)c3ccc(C#N)cc3)CC2)c2ccccc12. The maximum absolute atomic E-state index is 13.7. The molecule has 0 unspecified atom stereocenters. The zero-order valence-corrected chi connectivity index (χ0v) is 24.6. The Hall–Kier alpha value is -4.64. The number of ether oxygens (including phenoxy) is 1. The number of hydrogen-bond donors (Lipinski definition) is 1. The zero-order chi connectivity index (χ0) is 30.0. The summed E-state index contributed by atoms with van der Waals surface area (Å²) in [5, 5.41) is 9.96. The number of nitrogens with one attached hydrogen (secondary N) is 1. The molecule has 5 rings (SSSR count). The number of aryl methyl sites for hydroxylation is 1. The van der Waals surface area contributed by atoms with Crippen molar-refractivity contribution in [3.05, 3.63) is 98.6 Å². The molecule has 1 saturated heterocycles.